The van der Waals surface area contributed by atoms with Gasteiger partial charge in [-0.25, -0.2) is 9.37 Å². The van der Waals surface area contributed by atoms with E-state index in [1.807, 2.05) is 11.4 Å². The standard InChI is InChI=1S/C16H19ClFNOS/c1-2-3-4-7-20-10-13-6-5-12(8-15(13)18)16-19-14(9-17)11-21-16/h5-6,8,11H,2-4,7,9-10H2,1H3. The Morgan fingerprint density at radius 3 is 2.86 bits per heavy atom. The first-order chi connectivity index (χ1) is 10.2. The third-order valence-corrected chi connectivity index (χ3v) is 4.35. The molecule has 2 rings (SSSR count). The van der Waals surface area contributed by atoms with E-state index in [9.17, 15) is 4.39 Å². The molecule has 0 saturated carbocycles. The van der Waals surface area contributed by atoms with E-state index in [1.165, 1.54) is 17.4 Å². The second-order valence-electron chi connectivity index (χ2n) is 4.84. The fraction of sp³-hybridized carbons (Fsp3) is 0.438. The van der Waals surface area contributed by atoms with Gasteiger partial charge in [-0.3, -0.25) is 0 Å². The molecule has 21 heavy (non-hydrogen) atoms. The van der Waals surface area contributed by atoms with Crippen molar-refractivity contribution in [3.63, 3.8) is 0 Å². The topological polar surface area (TPSA) is 22.1 Å². The highest BCUT2D eigenvalue weighted by molar-refractivity contribution is 7.13. The van der Waals surface area contributed by atoms with E-state index in [0.29, 0.717) is 24.7 Å². The first kappa shape index (κ1) is 16.4. The zero-order valence-electron chi connectivity index (χ0n) is 12.1. The Hall–Kier alpha value is -0.970. The first-order valence-corrected chi connectivity index (χ1v) is 8.53. The molecular weight excluding hydrogens is 309 g/mol. The summed E-state index contributed by atoms with van der Waals surface area (Å²) in [6.07, 6.45) is 3.33. The van der Waals surface area contributed by atoms with E-state index in [0.717, 1.165) is 35.5 Å². The average Bonchev–Trinajstić information content (AvgIpc) is 2.97. The molecule has 0 unspecified atom stereocenters. The summed E-state index contributed by atoms with van der Waals surface area (Å²) in [6, 6.07) is 5.17. The number of nitrogens with zero attached hydrogens (tertiary/aromatic N) is 1. The fourth-order valence-corrected chi connectivity index (χ4v) is 2.98. The fourth-order valence-electron chi connectivity index (χ4n) is 1.93. The minimum absolute atomic E-state index is 0.245. The van der Waals surface area contributed by atoms with Gasteiger partial charge in [0, 0.05) is 23.1 Å². The lowest BCUT2D eigenvalue weighted by Gasteiger charge is -2.06. The largest absolute Gasteiger partial charge is 0.377 e. The maximum atomic E-state index is 14.1. The van der Waals surface area contributed by atoms with Crippen LogP contribution in [0, 0.1) is 5.82 Å². The van der Waals surface area contributed by atoms with Gasteiger partial charge in [-0.1, -0.05) is 31.9 Å². The molecule has 0 aliphatic heterocycles. The number of alkyl halides is 1. The summed E-state index contributed by atoms with van der Waals surface area (Å²) < 4.78 is 19.6. The Morgan fingerprint density at radius 2 is 2.19 bits per heavy atom. The number of hydrogen-bond acceptors (Lipinski definition) is 3. The lowest BCUT2D eigenvalue weighted by Crippen LogP contribution is -1.98. The molecule has 0 amide bonds. The van der Waals surface area contributed by atoms with Crippen LogP contribution < -0.4 is 0 Å². The molecule has 0 aliphatic rings. The number of halogens is 2. The third kappa shape index (κ3) is 4.77. The summed E-state index contributed by atoms with van der Waals surface area (Å²) in [5, 5.41) is 2.69. The molecule has 0 atom stereocenters. The van der Waals surface area contributed by atoms with Crippen molar-refractivity contribution in [3.05, 3.63) is 40.7 Å². The van der Waals surface area contributed by atoms with E-state index in [2.05, 4.69) is 11.9 Å². The van der Waals surface area contributed by atoms with Crippen molar-refractivity contribution in [1.82, 2.24) is 4.98 Å². The number of rotatable bonds is 8. The van der Waals surface area contributed by atoms with Crippen molar-refractivity contribution < 1.29 is 9.13 Å². The van der Waals surface area contributed by atoms with Gasteiger partial charge in [-0.05, 0) is 12.5 Å². The molecule has 2 aromatic rings. The van der Waals surface area contributed by atoms with E-state index in [4.69, 9.17) is 16.3 Å². The molecule has 0 bridgehead atoms. The third-order valence-electron chi connectivity index (χ3n) is 3.14. The van der Waals surface area contributed by atoms with E-state index >= 15 is 0 Å². The molecule has 1 aromatic carbocycles. The van der Waals surface area contributed by atoms with Crippen molar-refractivity contribution in [2.45, 2.75) is 38.7 Å². The monoisotopic (exact) mass is 327 g/mol. The summed E-state index contributed by atoms with van der Waals surface area (Å²) in [7, 11) is 0. The Kier molecular flexibility index (Phi) is 6.61. The minimum Gasteiger partial charge on any atom is -0.377 e. The van der Waals surface area contributed by atoms with Crippen LogP contribution in [0.5, 0.6) is 0 Å². The van der Waals surface area contributed by atoms with Gasteiger partial charge in [0.1, 0.15) is 10.8 Å². The Bertz CT molecular complexity index is 573. The average molecular weight is 328 g/mol. The Labute approximate surface area is 133 Å². The van der Waals surface area contributed by atoms with E-state index in [1.54, 1.807) is 6.07 Å². The summed E-state index contributed by atoms with van der Waals surface area (Å²) >= 11 is 7.21. The Morgan fingerprint density at radius 1 is 1.33 bits per heavy atom. The number of unbranched alkanes of at least 4 members (excludes halogenated alkanes) is 2. The van der Waals surface area contributed by atoms with Crippen molar-refractivity contribution >= 4 is 22.9 Å². The SMILES string of the molecule is CCCCCOCc1ccc(-c2nc(CCl)cs2)cc1F. The molecule has 1 aromatic heterocycles. The van der Waals surface area contributed by atoms with Crippen molar-refractivity contribution in [2.24, 2.45) is 0 Å². The maximum Gasteiger partial charge on any atom is 0.129 e. The van der Waals surface area contributed by atoms with E-state index in [-0.39, 0.29) is 5.82 Å². The van der Waals surface area contributed by atoms with Crippen molar-refractivity contribution in [3.8, 4) is 10.6 Å². The zero-order chi connectivity index (χ0) is 15.1. The quantitative estimate of drug-likeness (QED) is 0.478. The van der Waals surface area contributed by atoms with Crippen molar-refractivity contribution in [2.75, 3.05) is 6.61 Å². The highest BCUT2D eigenvalue weighted by Crippen LogP contribution is 2.26. The normalized spacial score (nSPS) is 11.0. The van der Waals surface area contributed by atoms with Gasteiger partial charge < -0.3 is 4.74 Å². The van der Waals surface area contributed by atoms with Crippen LogP contribution in [0.25, 0.3) is 10.6 Å². The number of thiazole rings is 1. The summed E-state index contributed by atoms with van der Waals surface area (Å²) in [6.45, 7) is 3.15. The lowest BCUT2D eigenvalue weighted by molar-refractivity contribution is 0.115. The summed E-state index contributed by atoms with van der Waals surface area (Å²) in [5.74, 6) is 0.133. The molecule has 0 saturated heterocycles. The molecule has 0 fully saturated rings. The van der Waals surface area contributed by atoms with Gasteiger partial charge in [-0.15, -0.1) is 22.9 Å². The second kappa shape index (κ2) is 8.47. The zero-order valence-corrected chi connectivity index (χ0v) is 13.6. The van der Waals surface area contributed by atoms with Gasteiger partial charge in [0.25, 0.3) is 0 Å². The van der Waals surface area contributed by atoms with Crippen LogP contribution in [0.4, 0.5) is 4.39 Å². The molecule has 0 radical (unpaired) electrons. The van der Waals surface area contributed by atoms with Gasteiger partial charge in [0.2, 0.25) is 0 Å². The second-order valence-corrected chi connectivity index (χ2v) is 5.97. The molecule has 114 valence electrons. The lowest BCUT2D eigenvalue weighted by atomic mass is 10.1. The minimum atomic E-state index is -0.245. The number of aromatic nitrogens is 1. The molecule has 5 heteroatoms. The van der Waals surface area contributed by atoms with Crippen molar-refractivity contribution in [1.29, 1.82) is 0 Å². The van der Waals surface area contributed by atoms with Crippen LogP contribution in [0.1, 0.15) is 37.4 Å². The molecule has 0 aliphatic carbocycles. The van der Waals surface area contributed by atoms with Crippen LogP contribution in [0.3, 0.4) is 0 Å². The molecule has 0 spiro atoms. The molecule has 0 N–H and O–H groups in total. The number of hydrogen-bond donors (Lipinski definition) is 0. The molecular formula is C16H19ClFNOS. The van der Waals surface area contributed by atoms with Crippen LogP contribution in [0.15, 0.2) is 23.6 Å². The van der Waals surface area contributed by atoms with Gasteiger partial charge in [0.05, 0.1) is 18.2 Å². The summed E-state index contributed by atoms with van der Waals surface area (Å²) in [4.78, 5) is 4.35. The first-order valence-electron chi connectivity index (χ1n) is 7.11. The van der Waals surface area contributed by atoms with Crippen LogP contribution in [-0.2, 0) is 17.2 Å². The van der Waals surface area contributed by atoms with Gasteiger partial charge in [-0.2, -0.15) is 0 Å². The van der Waals surface area contributed by atoms with E-state index < -0.39 is 0 Å². The van der Waals surface area contributed by atoms with Gasteiger partial charge in [0.15, 0.2) is 0 Å². The van der Waals surface area contributed by atoms with Crippen LogP contribution in [-0.4, -0.2) is 11.6 Å². The van der Waals surface area contributed by atoms with Crippen LogP contribution >= 0.6 is 22.9 Å². The Balaban J connectivity index is 1.97. The number of benzene rings is 1. The van der Waals surface area contributed by atoms with Crippen LogP contribution in [0.2, 0.25) is 0 Å². The number of ether oxygens (including phenoxy) is 1. The highest BCUT2D eigenvalue weighted by atomic mass is 35.5. The predicted molar refractivity (Wildman–Crippen MR) is 86.2 cm³/mol. The smallest absolute Gasteiger partial charge is 0.129 e. The highest BCUT2D eigenvalue weighted by Gasteiger charge is 2.08. The summed E-state index contributed by atoms with van der Waals surface area (Å²) in [5.41, 5.74) is 2.19. The van der Waals surface area contributed by atoms with Gasteiger partial charge >= 0.3 is 0 Å². The molecule has 1 heterocycles. The molecule has 2 nitrogen and oxygen atoms in total. The predicted octanol–water partition coefficient (Wildman–Crippen LogP) is 5.39. The maximum absolute atomic E-state index is 14.1.